The van der Waals surface area contributed by atoms with Gasteiger partial charge in [-0.1, -0.05) is 13.8 Å². The second-order valence-corrected chi connectivity index (χ2v) is 7.71. The Morgan fingerprint density at radius 2 is 1.88 bits per heavy atom. The molecule has 0 aromatic rings. The summed E-state index contributed by atoms with van der Waals surface area (Å²) in [5, 5.41) is 3.15. The first-order valence-corrected chi connectivity index (χ1v) is 8.91. The van der Waals surface area contributed by atoms with Crippen molar-refractivity contribution in [3.63, 3.8) is 0 Å². The van der Waals surface area contributed by atoms with Crippen LogP contribution in [0.4, 0.5) is 4.79 Å². The molecule has 0 saturated carbocycles. The van der Waals surface area contributed by atoms with E-state index in [1.54, 1.807) is 4.90 Å². The predicted molar refractivity (Wildman–Crippen MR) is 98.2 cm³/mol. The molecular weight excluding hydrogens is 306 g/mol. The van der Waals surface area contributed by atoms with Crippen LogP contribution in [-0.4, -0.2) is 73.3 Å². The van der Waals surface area contributed by atoms with Crippen LogP contribution in [0.1, 0.15) is 41.0 Å². The van der Waals surface area contributed by atoms with Crippen molar-refractivity contribution in [1.29, 1.82) is 0 Å². The van der Waals surface area contributed by atoms with Crippen LogP contribution >= 0.6 is 0 Å². The molecule has 1 saturated heterocycles. The summed E-state index contributed by atoms with van der Waals surface area (Å²) in [4.78, 5) is 20.4. The van der Waals surface area contributed by atoms with Gasteiger partial charge < -0.3 is 20.7 Å². The average molecular weight is 342 g/mol. The highest BCUT2D eigenvalue weighted by Crippen LogP contribution is 2.11. The minimum Gasteiger partial charge on any atom is -0.444 e. The van der Waals surface area contributed by atoms with Crippen molar-refractivity contribution in [2.24, 2.45) is 16.6 Å². The predicted octanol–water partition coefficient (Wildman–Crippen LogP) is 1.49. The van der Waals surface area contributed by atoms with Gasteiger partial charge in [0.1, 0.15) is 5.60 Å². The van der Waals surface area contributed by atoms with Crippen molar-refractivity contribution in [3.8, 4) is 0 Å². The highest BCUT2D eigenvalue weighted by molar-refractivity contribution is 5.77. The van der Waals surface area contributed by atoms with Crippen molar-refractivity contribution in [3.05, 3.63) is 0 Å². The summed E-state index contributed by atoms with van der Waals surface area (Å²) in [6, 6.07) is 0. The molecule has 1 rings (SSSR count). The van der Waals surface area contributed by atoms with E-state index in [1.807, 2.05) is 20.8 Å². The van der Waals surface area contributed by atoms with Gasteiger partial charge in [-0.25, -0.2) is 4.79 Å². The highest BCUT2D eigenvalue weighted by Gasteiger charge is 2.25. The number of aliphatic imine (C=N–C) groups is 1. The Morgan fingerprint density at radius 3 is 2.42 bits per heavy atom. The lowest BCUT2D eigenvalue weighted by molar-refractivity contribution is 0.0145. The molecule has 1 aliphatic rings. The number of rotatable bonds is 6. The van der Waals surface area contributed by atoms with Gasteiger partial charge in [0.2, 0.25) is 0 Å². The Bertz CT molecular complexity index is 410. The van der Waals surface area contributed by atoms with Crippen LogP contribution in [-0.2, 0) is 4.74 Å². The van der Waals surface area contributed by atoms with E-state index in [9.17, 15) is 4.79 Å². The maximum atomic E-state index is 12.0. The Labute approximate surface area is 146 Å². The van der Waals surface area contributed by atoms with Crippen molar-refractivity contribution < 1.29 is 9.53 Å². The molecule has 1 aliphatic heterocycles. The van der Waals surface area contributed by atoms with E-state index in [1.165, 1.54) is 0 Å². The Morgan fingerprint density at radius 1 is 1.25 bits per heavy atom. The summed E-state index contributed by atoms with van der Waals surface area (Å²) in [7, 11) is 0. The van der Waals surface area contributed by atoms with Crippen molar-refractivity contribution in [2.45, 2.75) is 46.6 Å². The molecule has 140 valence electrons. The van der Waals surface area contributed by atoms with Crippen LogP contribution in [0.15, 0.2) is 4.99 Å². The molecule has 0 unspecified atom stereocenters. The summed E-state index contributed by atoms with van der Waals surface area (Å²) >= 11 is 0. The van der Waals surface area contributed by atoms with E-state index in [2.05, 4.69) is 29.1 Å². The van der Waals surface area contributed by atoms with Crippen molar-refractivity contribution in [1.82, 2.24) is 15.1 Å². The fourth-order valence-corrected chi connectivity index (χ4v) is 2.34. The van der Waals surface area contributed by atoms with E-state index in [0.717, 1.165) is 52.2 Å². The van der Waals surface area contributed by atoms with E-state index < -0.39 is 5.60 Å². The van der Waals surface area contributed by atoms with E-state index in [-0.39, 0.29) is 6.09 Å². The molecule has 1 amide bonds. The van der Waals surface area contributed by atoms with Gasteiger partial charge in [-0.05, 0) is 39.7 Å². The van der Waals surface area contributed by atoms with E-state index in [4.69, 9.17) is 10.5 Å². The van der Waals surface area contributed by atoms with Crippen LogP contribution in [0.2, 0.25) is 0 Å². The third kappa shape index (κ3) is 8.96. The number of carbonyl (C=O) groups excluding carboxylic acids is 1. The van der Waals surface area contributed by atoms with Gasteiger partial charge in [0.15, 0.2) is 5.96 Å². The third-order valence-corrected chi connectivity index (χ3v) is 3.61. The Kier molecular flexibility index (Phi) is 8.31. The molecule has 0 aromatic carbocycles. The quantitative estimate of drug-likeness (QED) is 0.434. The summed E-state index contributed by atoms with van der Waals surface area (Å²) in [6.45, 7) is 15.7. The Balaban J connectivity index is 2.16. The number of piperazine rings is 1. The van der Waals surface area contributed by atoms with Crippen LogP contribution in [0.25, 0.3) is 0 Å². The minimum absolute atomic E-state index is 0.210. The number of hydrogen-bond donors (Lipinski definition) is 2. The van der Waals surface area contributed by atoms with Gasteiger partial charge in [0, 0.05) is 39.3 Å². The van der Waals surface area contributed by atoms with E-state index >= 15 is 0 Å². The molecule has 0 atom stereocenters. The normalized spacial score (nSPS) is 17.2. The summed E-state index contributed by atoms with van der Waals surface area (Å²) in [6.07, 6.45) is 0.794. The number of guanidine groups is 1. The molecule has 7 nitrogen and oxygen atoms in total. The molecular formula is C17H35N5O2. The third-order valence-electron chi connectivity index (χ3n) is 3.61. The van der Waals surface area contributed by atoms with Crippen LogP contribution < -0.4 is 11.1 Å². The maximum Gasteiger partial charge on any atom is 0.410 e. The van der Waals surface area contributed by atoms with Crippen LogP contribution in [0.5, 0.6) is 0 Å². The lowest BCUT2D eigenvalue weighted by atomic mass is 10.2. The molecule has 0 spiro atoms. The molecule has 0 aromatic heterocycles. The highest BCUT2D eigenvalue weighted by atomic mass is 16.6. The number of nitrogens with one attached hydrogen (secondary N) is 1. The molecule has 1 heterocycles. The largest absolute Gasteiger partial charge is 0.444 e. The average Bonchev–Trinajstić information content (AvgIpc) is 2.48. The second kappa shape index (κ2) is 9.71. The molecule has 7 heteroatoms. The zero-order valence-electron chi connectivity index (χ0n) is 16.0. The zero-order valence-corrected chi connectivity index (χ0v) is 16.0. The van der Waals surface area contributed by atoms with Gasteiger partial charge in [-0.2, -0.15) is 0 Å². The number of hydrogen-bond acceptors (Lipinski definition) is 4. The zero-order chi connectivity index (χ0) is 18.2. The topological polar surface area (TPSA) is 83.2 Å². The maximum absolute atomic E-state index is 12.0. The second-order valence-electron chi connectivity index (χ2n) is 7.71. The lowest BCUT2D eigenvalue weighted by Gasteiger charge is -2.35. The van der Waals surface area contributed by atoms with Gasteiger partial charge in [0.25, 0.3) is 0 Å². The van der Waals surface area contributed by atoms with Crippen LogP contribution in [0.3, 0.4) is 0 Å². The summed E-state index contributed by atoms with van der Waals surface area (Å²) in [5.41, 5.74) is 5.38. The lowest BCUT2D eigenvalue weighted by Crippen LogP contribution is -2.50. The monoisotopic (exact) mass is 341 g/mol. The SMILES string of the molecule is CC(C)CN=C(N)NCCCN1CCN(C(=O)OC(C)(C)C)CC1. The number of nitrogens with two attached hydrogens (primary N) is 1. The summed E-state index contributed by atoms with van der Waals surface area (Å²) in [5.74, 6) is 1.05. The Hall–Kier alpha value is -1.50. The van der Waals surface area contributed by atoms with Gasteiger partial charge in [0.05, 0.1) is 0 Å². The van der Waals surface area contributed by atoms with Gasteiger partial charge in [-0.3, -0.25) is 9.89 Å². The van der Waals surface area contributed by atoms with Crippen molar-refractivity contribution in [2.75, 3.05) is 45.8 Å². The standard InChI is InChI=1S/C17H35N5O2/c1-14(2)13-20-15(18)19-7-6-8-21-9-11-22(12-10-21)16(23)24-17(3,4)5/h14H,6-13H2,1-5H3,(H3,18,19,20). The molecule has 0 radical (unpaired) electrons. The molecule has 1 fully saturated rings. The molecule has 0 aliphatic carbocycles. The molecule has 0 bridgehead atoms. The fourth-order valence-electron chi connectivity index (χ4n) is 2.34. The summed E-state index contributed by atoms with van der Waals surface area (Å²) < 4.78 is 5.41. The first-order valence-electron chi connectivity index (χ1n) is 8.91. The number of nitrogens with zero attached hydrogens (tertiary/aromatic N) is 3. The van der Waals surface area contributed by atoms with E-state index in [0.29, 0.717) is 11.9 Å². The fraction of sp³-hybridized carbons (Fsp3) is 0.882. The minimum atomic E-state index is -0.434. The first-order chi connectivity index (χ1) is 11.2. The number of ether oxygens (including phenoxy) is 1. The van der Waals surface area contributed by atoms with Gasteiger partial charge in [-0.15, -0.1) is 0 Å². The van der Waals surface area contributed by atoms with Crippen molar-refractivity contribution >= 4 is 12.1 Å². The van der Waals surface area contributed by atoms with Gasteiger partial charge >= 0.3 is 6.09 Å². The smallest absolute Gasteiger partial charge is 0.410 e. The number of amides is 1. The van der Waals surface area contributed by atoms with Crippen LogP contribution in [0, 0.1) is 5.92 Å². The molecule has 24 heavy (non-hydrogen) atoms. The number of carbonyl (C=O) groups is 1. The molecule has 3 N–H and O–H groups in total. The first kappa shape index (κ1) is 20.5.